The van der Waals surface area contributed by atoms with Gasteiger partial charge in [0.2, 0.25) is 0 Å². The average Bonchev–Trinajstić information content (AvgIpc) is 2.30. The largest absolute Gasteiger partial charge is 0.248 e. The zero-order valence-corrected chi connectivity index (χ0v) is 8.77. The highest BCUT2D eigenvalue weighted by Gasteiger charge is 2.01. The summed E-state index contributed by atoms with van der Waals surface area (Å²) in [5.41, 5.74) is 4.34. The van der Waals surface area contributed by atoms with Crippen molar-refractivity contribution in [3.05, 3.63) is 60.3 Å². The minimum Gasteiger partial charge on any atom is -0.248 e. The van der Waals surface area contributed by atoms with E-state index in [2.05, 4.69) is 30.6 Å². The maximum atomic E-state index is 4.50. The first-order valence-corrected chi connectivity index (χ1v) is 4.97. The third-order valence-electron chi connectivity index (χ3n) is 2.40. The molecule has 0 aliphatic carbocycles. The number of hydrogen-bond acceptors (Lipinski definition) is 1. The van der Waals surface area contributed by atoms with E-state index in [1.807, 2.05) is 30.3 Å². The van der Waals surface area contributed by atoms with E-state index in [4.69, 9.17) is 0 Å². The SMILES string of the molecule is C=Cc1cccc(-c2ccccc2C)n1. The lowest BCUT2D eigenvalue weighted by Gasteiger charge is -2.05. The topological polar surface area (TPSA) is 12.9 Å². The molecule has 1 heteroatoms. The van der Waals surface area contributed by atoms with Crippen LogP contribution in [0.4, 0.5) is 0 Å². The molecule has 2 rings (SSSR count). The van der Waals surface area contributed by atoms with Crippen LogP contribution < -0.4 is 0 Å². The Morgan fingerprint density at radius 2 is 1.87 bits per heavy atom. The zero-order chi connectivity index (χ0) is 10.7. The van der Waals surface area contributed by atoms with Crippen LogP contribution >= 0.6 is 0 Å². The lowest BCUT2D eigenvalue weighted by Crippen LogP contribution is -1.88. The highest BCUT2D eigenvalue weighted by atomic mass is 14.7. The molecule has 0 aliphatic rings. The Morgan fingerprint density at radius 1 is 1.07 bits per heavy atom. The summed E-state index contributed by atoms with van der Waals surface area (Å²) in [7, 11) is 0. The van der Waals surface area contributed by atoms with E-state index in [0.717, 1.165) is 11.4 Å². The Balaban J connectivity index is 2.54. The summed E-state index contributed by atoms with van der Waals surface area (Å²) in [5.74, 6) is 0. The molecule has 0 atom stereocenters. The van der Waals surface area contributed by atoms with Crippen LogP contribution in [0.2, 0.25) is 0 Å². The monoisotopic (exact) mass is 195 g/mol. The van der Waals surface area contributed by atoms with Gasteiger partial charge in [-0.3, -0.25) is 0 Å². The van der Waals surface area contributed by atoms with Gasteiger partial charge in [-0.15, -0.1) is 0 Å². The molecule has 74 valence electrons. The summed E-state index contributed by atoms with van der Waals surface area (Å²) in [4.78, 5) is 4.50. The van der Waals surface area contributed by atoms with Gasteiger partial charge in [0.15, 0.2) is 0 Å². The van der Waals surface area contributed by atoms with Crippen LogP contribution in [0.5, 0.6) is 0 Å². The summed E-state index contributed by atoms with van der Waals surface area (Å²) in [6.45, 7) is 5.82. The van der Waals surface area contributed by atoms with E-state index in [1.165, 1.54) is 11.1 Å². The predicted molar refractivity (Wildman–Crippen MR) is 64.5 cm³/mol. The van der Waals surface area contributed by atoms with E-state index in [0.29, 0.717) is 0 Å². The molecule has 1 heterocycles. The maximum absolute atomic E-state index is 4.50. The molecule has 0 fully saturated rings. The molecule has 0 unspecified atom stereocenters. The van der Waals surface area contributed by atoms with Gasteiger partial charge in [0.05, 0.1) is 11.4 Å². The first-order valence-electron chi connectivity index (χ1n) is 4.97. The summed E-state index contributed by atoms with van der Waals surface area (Å²) in [6, 6.07) is 14.2. The first kappa shape index (κ1) is 9.66. The van der Waals surface area contributed by atoms with Gasteiger partial charge in [-0.2, -0.15) is 0 Å². The summed E-state index contributed by atoms with van der Waals surface area (Å²) in [6.07, 6.45) is 1.77. The van der Waals surface area contributed by atoms with Crippen LogP contribution in [0.1, 0.15) is 11.3 Å². The smallest absolute Gasteiger partial charge is 0.0711 e. The van der Waals surface area contributed by atoms with Crippen molar-refractivity contribution in [1.29, 1.82) is 0 Å². The van der Waals surface area contributed by atoms with E-state index in [1.54, 1.807) is 6.08 Å². The van der Waals surface area contributed by atoms with Crippen molar-refractivity contribution < 1.29 is 0 Å². The van der Waals surface area contributed by atoms with Crippen molar-refractivity contribution in [3.8, 4) is 11.3 Å². The number of hydrogen-bond donors (Lipinski definition) is 0. The highest BCUT2D eigenvalue weighted by Crippen LogP contribution is 2.21. The fourth-order valence-electron chi connectivity index (χ4n) is 1.58. The molecule has 15 heavy (non-hydrogen) atoms. The van der Waals surface area contributed by atoms with Crippen LogP contribution in [-0.2, 0) is 0 Å². The first-order chi connectivity index (χ1) is 7.31. The van der Waals surface area contributed by atoms with E-state index in [9.17, 15) is 0 Å². The van der Waals surface area contributed by atoms with Gasteiger partial charge in [-0.1, -0.05) is 36.9 Å². The van der Waals surface area contributed by atoms with Crippen molar-refractivity contribution >= 4 is 6.08 Å². The Morgan fingerprint density at radius 3 is 2.60 bits per heavy atom. The third-order valence-corrected chi connectivity index (χ3v) is 2.40. The Kier molecular flexibility index (Phi) is 2.64. The molecular weight excluding hydrogens is 182 g/mol. The van der Waals surface area contributed by atoms with Crippen LogP contribution in [0.15, 0.2) is 49.0 Å². The quantitative estimate of drug-likeness (QED) is 0.712. The summed E-state index contributed by atoms with van der Waals surface area (Å²) in [5, 5.41) is 0. The van der Waals surface area contributed by atoms with E-state index >= 15 is 0 Å². The summed E-state index contributed by atoms with van der Waals surface area (Å²) < 4.78 is 0. The van der Waals surface area contributed by atoms with E-state index < -0.39 is 0 Å². The zero-order valence-electron chi connectivity index (χ0n) is 8.77. The van der Waals surface area contributed by atoms with Crippen LogP contribution in [0, 0.1) is 6.92 Å². The molecule has 0 amide bonds. The maximum Gasteiger partial charge on any atom is 0.0711 e. The van der Waals surface area contributed by atoms with Gasteiger partial charge in [0, 0.05) is 5.56 Å². The fourth-order valence-corrected chi connectivity index (χ4v) is 1.58. The number of aromatic nitrogens is 1. The molecule has 0 saturated carbocycles. The van der Waals surface area contributed by atoms with Gasteiger partial charge in [0.1, 0.15) is 0 Å². The second-order valence-electron chi connectivity index (χ2n) is 3.47. The highest BCUT2D eigenvalue weighted by molar-refractivity contribution is 5.64. The van der Waals surface area contributed by atoms with Crippen LogP contribution in [-0.4, -0.2) is 4.98 Å². The predicted octanol–water partition coefficient (Wildman–Crippen LogP) is 3.70. The Labute approximate surface area is 90.1 Å². The van der Waals surface area contributed by atoms with Crippen molar-refractivity contribution in [2.75, 3.05) is 0 Å². The molecule has 0 radical (unpaired) electrons. The molecule has 1 aromatic carbocycles. The lowest BCUT2D eigenvalue weighted by atomic mass is 10.1. The second kappa shape index (κ2) is 4.09. The van der Waals surface area contributed by atoms with Gasteiger partial charge >= 0.3 is 0 Å². The molecule has 2 aromatic rings. The third kappa shape index (κ3) is 1.96. The van der Waals surface area contributed by atoms with Crippen molar-refractivity contribution in [1.82, 2.24) is 4.98 Å². The molecule has 0 aliphatic heterocycles. The van der Waals surface area contributed by atoms with E-state index in [-0.39, 0.29) is 0 Å². The van der Waals surface area contributed by atoms with Gasteiger partial charge in [-0.05, 0) is 30.7 Å². The molecular formula is C14H13N. The number of benzene rings is 1. The van der Waals surface area contributed by atoms with Crippen molar-refractivity contribution in [2.24, 2.45) is 0 Å². The van der Waals surface area contributed by atoms with Crippen molar-refractivity contribution in [2.45, 2.75) is 6.92 Å². The molecule has 0 bridgehead atoms. The number of pyridine rings is 1. The van der Waals surface area contributed by atoms with Gasteiger partial charge < -0.3 is 0 Å². The number of rotatable bonds is 2. The van der Waals surface area contributed by atoms with Crippen LogP contribution in [0.3, 0.4) is 0 Å². The second-order valence-corrected chi connectivity index (χ2v) is 3.47. The lowest BCUT2D eigenvalue weighted by molar-refractivity contribution is 1.28. The molecule has 1 nitrogen and oxygen atoms in total. The fraction of sp³-hybridized carbons (Fsp3) is 0.0714. The number of aryl methyl sites for hydroxylation is 1. The Bertz CT molecular complexity index is 486. The molecule has 0 spiro atoms. The minimum atomic E-state index is 0.913. The molecule has 0 N–H and O–H groups in total. The standard InChI is InChI=1S/C14H13N/c1-3-12-8-6-10-14(15-12)13-9-5-4-7-11(13)2/h3-10H,1H2,2H3. The Hall–Kier alpha value is -1.89. The average molecular weight is 195 g/mol. The molecule has 1 aromatic heterocycles. The molecule has 0 saturated heterocycles. The summed E-state index contributed by atoms with van der Waals surface area (Å²) >= 11 is 0. The normalized spacial score (nSPS) is 9.93. The van der Waals surface area contributed by atoms with Crippen molar-refractivity contribution in [3.63, 3.8) is 0 Å². The number of nitrogens with zero attached hydrogens (tertiary/aromatic N) is 1. The van der Waals surface area contributed by atoms with Crippen LogP contribution in [0.25, 0.3) is 17.3 Å². The van der Waals surface area contributed by atoms with Gasteiger partial charge in [-0.25, -0.2) is 4.98 Å². The van der Waals surface area contributed by atoms with Gasteiger partial charge in [0.25, 0.3) is 0 Å². The minimum absolute atomic E-state index is 0.913.